The summed E-state index contributed by atoms with van der Waals surface area (Å²) in [4.78, 5) is 0. The molecule has 0 radical (unpaired) electrons. The number of aliphatic hydroxyl groups excluding tert-OH is 1. The van der Waals surface area contributed by atoms with E-state index in [4.69, 9.17) is 0 Å². The van der Waals surface area contributed by atoms with E-state index in [-0.39, 0.29) is 6.16 Å². The van der Waals surface area contributed by atoms with Crippen LogP contribution in [-0.4, -0.2) is 23.0 Å². The second-order valence-corrected chi connectivity index (χ2v) is 14.7. The molecule has 0 saturated heterocycles. The molecule has 0 saturated carbocycles. The fraction of sp³-hybridized carbons (Fsp3) is 0.200. The highest BCUT2D eigenvalue weighted by Crippen LogP contribution is 2.57. The zero-order valence-corrected chi connectivity index (χ0v) is 21.8. The molecule has 0 spiro atoms. The second kappa shape index (κ2) is 11.4. The van der Waals surface area contributed by atoms with Gasteiger partial charge in [-0.25, -0.2) is 0 Å². The summed E-state index contributed by atoms with van der Waals surface area (Å²) >= 11 is 0. The molecule has 0 aliphatic rings. The third-order valence-corrected chi connectivity index (χ3v) is 13.6. The molecule has 0 fully saturated rings. The first kappa shape index (κ1) is 25.4. The number of hydrogen-bond acceptors (Lipinski definition) is 3. The van der Waals surface area contributed by atoms with Gasteiger partial charge in [0.1, 0.15) is 14.3 Å². The molecule has 180 valence electrons. The van der Waals surface area contributed by atoms with Crippen LogP contribution in [0.15, 0.2) is 121 Å². The lowest BCUT2D eigenvalue weighted by Crippen LogP contribution is -2.39. The third kappa shape index (κ3) is 5.29. The van der Waals surface area contributed by atoms with E-state index in [0.717, 1.165) is 6.42 Å². The van der Waals surface area contributed by atoms with Gasteiger partial charge >= 0.3 is 0 Å². The molecule has 1 N–H and O–H groups in total. The quantitative estimate of drug-likeness (QED) is 0.290. The van der Waals surface area contributed by atoms with Gasteiger partial charge in [-0.2, -0.15) is 0 Å². The zero-order valence-electron chi connectivity index (χ0n) is 20.0. The van der Waals surface area contributed by atoms with Crippen molar-refractivity contribution in [3.05, 3.63) is 121 Å². The Morgan fingerprint density at radius 3 is 1.29 bits per heavy atom. The van der Waals surface area contributed by atoms with Crippen molar-refractivity contribution >= 4 is 35.5 Å². The van der Waals surface area contributed by atoms with Gasteiger partial charge in [-0.1, -0.05) is 135 Å². The van der Waals surface area contributed by atoms with Crippen LogP contribution in [0.5, 0.6) is 0 Å². The highest BCUT2D eigenvalue weighted by molar-refractivity contribution is 7.82. The van der Waals surface area contributed by atoms with Crippen LogP contribution in [0.3, 0.4) is 0 Å². The van der Waals surface area contributed by atoms with Gasteiger partial charge in [0.05, 0.1) is 11.8 Å². The van der Waals surface area contributed by atoms with Crippen LogP contribution in [0.2, 0.25) is 0 Å². The molecule has 35 heavy (non-hydrogen) atoms. The SMILES string of the molecule is CCC[C@H](O)[C@H](CP(=O)(c1ccccc1)c1ccccc1)P(=O)(c1ccccc1)c1ccccc1. The molecule has 4 aromatic rings. The molecule has 0 unspecified atom stereocenters. The average molecular weight is 503 g/mol. The summed E-state index contributed by atoms with van der Waals surface area (Å²) in [6.45, 7) is 2.00. The van der Waals surface area contributed by atoms with Crippen LogP contribution in [0.1, 0.15) is 19.8 Å². The van der Waals surface area contributed by atoms with Gasteiger partial charge in [-0.15, -0.1) is 0 Å². The average Bonchev–Trinajstić information content (AvgIpc) is 2.93. The topological polar surface area (TPSA) is 54.4 Å². The highest BCUT2D eigenvalue weighted by Gasteiger charge is 2.45. The predicted molar refractivity (Wildman–Crippen MR) is 149 cm³/mol. The smallest absolute Gasteiger partial charge is 0.149 e. The minimum Gasteiger partial charge on any atom is -0.392 e. The lowest BCUT2D eigenvalue weighted by Gasteiger charge is -2.35. The molecule has 0 aliphatic heterocycles. The van der Waals surface area contributed by atoms with Crippen LogP contribution in [0.25, 0.3) is 0 Å². The number of hydrogen-bond donors (Lipinski definition) is 1. The maximum absolute atomic E-state index is 15.3. The van der Waals surface area contributed by atoms with Gasteiger partial charge in [-0.05, 0) is 6.42 Å². The normalized spacial score (nSPS) is 13.8. The lowest BCUT2D eigenvalue weighted by atomic mass is 10.1. The van der Waals surface area contributed by atoms with Gasteiger partial charge in [0.15, 0.2) is 0 Å². The molecule has 0 amide bonds. The van der Waals surface area contributed by atoms with E-state index in [1.165, 1.54) is 0 Å². The molecule has 3 nitrogen and oxygen atoms in total. The number of benzene rings is 4. The lowest BCUT2D eigenvalue weighted by molar-refractivity contribution is 0.162. The van der Waals surface area contributed by atoms with Crippen molar-refractivity contribution in [1.29, 1.82) is 0 Å². The molecule has 5 heteroatoms. The van der Waals surface area contributed by atoms with Crippen molar-refractivity contribution < 1.29 is 14.2 Å². The Morgan fingerprint density at radius 2 is 0.943 bits per heavy atom. The van der Waals surface area contributed by atoms with E-state index in [9.17, 15) is 5.11 Å². The van der Waals surface area contributed by atoms with Gasteiger partial charge in [0.2, 0.25) is 0 Å². The van der Waals surface area contributed by atoms with Gasteiger partial charge < -0.3 is 14.2 Å². The zero-order chi connectivity index (χ0) is 24.7. The Bertz CT molecular complexity index is 1210. The first-order chi connectivity index (χ1) is 17.0. The van der Waals surface area contributed by atoms with Crippen LogP contribution in [0.4, 0.5) is 0 Å². The summed E-state index contributed by atoms with van der Waals surface area (Å²) in [5.74, 6) is 0. The summed E-state index contributed by atoms with van der Waals surface area (Å²) in [6, 6.07) is 37.7. The Labute approximate surface area is 208 Å². The van der Waals surface area contributed by atoms with Crippen molar-refractivity contribution in [3.63, 3.8) is 0 Å². The van der Waals surface area contributed by atoms with Crippen molar-refractivity contribution in [3.8, 4) is 0 Å². The number of aliphatic hydroxyl groups is 1. The Balaban J connectivity index is 1.95. The predicted octanol–water partition coefficient (Wildman–Crippen LogP) is 5.54. The van der Waals surface area contributed by atoms with E-state index < -0.39 is 26.0 Å². The summed E-state index contributed by atoms with van der Waals surface area (Å²) in [5, 5.41) is 14.3. The molecule has 4 aromatic carbocycles. The molecule has 0 aliphatic carbocycles. The van der Waals surface area contributed by atoms with Gasteiger partial charge in [0.25, 0.3) is 0 Å². The van der Waals surface area contributed by atoms with Crippen molar-refractivity contribution in [2.75, 3.05) is 6.16 Å². The third-order valence-electron chi connectivity index (χ3n) is 6.57. The molecule has 4 rings (SSSR count). The number of rotatable bonds is 10. The summed E-state index contributed by atoms with van der Waals surface area (Å²) in [7, 11) is -6.61. The molecule has 2 atom stereocenters. The fourth-order valence-electron chi connectivity index (χ4n) is 4.76. The van der Waals surface area contributed by atoms with E-state index in [1.54, 1.807) is 0 Å². The molecule has 0 heterocycles. The van der Waals surface area contributed by atoms with E-state index >= 15 is 9.13 Å². The van der Waals surface area contributed by atoms with Crippen molar-refractivity contribution in [1.82, 2.24) is 0 Å². The first-order valence-electron chi connectivity index (χ1n) is 12.1. The standard InChI is InChI=1S/C30H32O3P2/c1-2-15-29(31)30(35(33,27-20-11-5-12-21-27)28-22-13-6-14-23-28)24-34(32,25-16-7-3-8-17-25)26-18-9-4-10-19-26/h3-14,16-23,29-31H,2,15,24H2,1H3/t29-,30-/m0/s1. The minimum absolute atomic E-state index is 0.114. The van der Waals surface area contributed by atoms with Crippen LogP contribution >= 0.6 is 14.3 Å². The van der Waals surface area contributed by atoms with Crippen LogP contribution in [0, 0.1) is 0 Å². The van der Waals surface area contributed by atoms with E-state index in [2.05, 4.69) is 0 Å². The Kier molecular flexibility index (Phi) is 8.24. The maximum Gasteiger partial charge on any atom is 0.149 e. The maximum atomic E-state index is 15.3. The second-order valence-electron chi connectivity index (χ2n) is 8.85. The first-order valence-corrected chi connectivity index (χ1v) is 15.8. The van der Waals surface area contributed by atoms with Gasteiger partial charge in [-0.3, -0.25) is 0 Å². The summed E-state index contributed by atoms with van der Waals surface area (Å²) in [6.07, 6.45) is 0.468. The Morgan fingerprint density at radius 1 is 0.600 bits per heavy atom. The van der Waals surface area contributed by atoms with Crippen molar-refractivity contribution in [2.24, 2.45) is 0 Å². The Hall–Kier alpha value is -2.70. The monoisotopic (exact) mass is 502 g/mol. The van der Waals surface area contributed by atoms with Crippen molar-refractivity contribution in [2.45, 2.75) is 31.5 Å². The minimum atomic E-state index is -3.38. The molecular weight excluding hydrogens is 470 g/mol. The summed E-state index contributed by atoms with van der Waals surface area (Å²) < 4.78 is 30.3. The van der Waals surface area contributed by atoms with Crippen LogP contribution < -0.4 is 21.2 Å². The molecule has 0 aromatic heterocycles. The highest BCUT2D eigenvalue weighted by atomic mass is 31.2. The van der Waals surface area contributed by atoms with Gasteiger partial charge in [0, 0.05) is 27.4 Å². The van der Waals surface area contributed by atoms with E-state index in [1.807, 2.05) is 128 Å². The van der Waals surface area contributed by atoms with Crippen LogP contribution in [-0.2, 0) is 9.13 Å². The fourth-order valence-corrected chi connectivity index (χ4v) is 12.1. The summed E-state index contributed by atoms with van der Waals surface area (Å²) in [5.41, 5.74) is -0.710. The largest absolute Gasteiger partial charge is 0.392 e. The molecule has 0 bridgehead atoms. The van der Waals surface area contributed by atoms with E-state index in [0.29, 0.717) is 27.6 Å². The molecular formula is C30H32O3P2.